The summed E-state index contributed by atoms with van der Waals surface area (Å²) in [5.74, 6) is 0.945. The van der Waals surface area contributed by atoms with Gasteiger partial charge in [-0.1, -0.05) is 12.1 Å². The lowest BCUT2D eigenvalue weighted by Gasteiger charge is -2.09. The normalized spacial score (nSPS) is 12.9. The highest BCUT2D eigenvalue weighted by Gasteiger charge is 2.13. The van der Waals surface area contributed by atoms with Gasteiger partial charge in [0.1, 0.15) is 5.82 Å². The quantitative estimate of drug-likeness (QED) is 0.777. The summed E-state index contributed by atoms with van der Waals surface area (Å²) in [5, 5.41) is 6.32. The van der Waals surface area contributed by atoms with Crippen LogP contribution in [0.15, 0.2) is 42.5 Å². The fourth-order valence-electron chi connectivity index (χ4n) is 3.31. The van der Waals surface area contributed by atoms with Gasteiger partial charge in [0.15, 0.2) is 0 Å². The molecular formula is C19H20N4O. The molecule has 2 N–H and O–H groups in total. The third kappa shape index (κ3) is 2.62. The second-order valence-corrected chi connectivity index (χ2v) is 6.10. The fraction of sp³-hybridized carbons (Fsp3) is 0.263. The molecule has 0 spiro atoms. The summed E-state index contributed by atoms with van der Waals surface area (Å²) in [6.07, 6.45) is 0.983. The number of hydrogen-bond acceptors (Lipinski definition) is 3. The summed E-state index contributed by atoms with van der Waals surface area (Å²) < 4.78 is 2.14. The van der Waals surface area contributed by atoms with Crippen LogP contribution in [0, 0.1) is 6.92 Å². The standard InChI is InChI=1S/C19H20N4O/c1-13-22-17-4-2-3-5-18(17)23(13)11-10-21-19(24)15-6-7-16-14(12-15)8-9-20-16/h2-7,12,20H,8-11H2,1H3,(H,21,24). The molecule has 0 saturated heterocycles. The molecule has 1 aromatic heterocycles. The highest BCUT2D eigenvalue weighted by molar-refractivity contribution is 5.95. The Morgan fingerprint density at radius 3 is 3.08 bits per heavy atom. The molecule has 2 heterocycles. The van der Waals surface area contributed by atoms with Gasteiger partial charge in [-0.25, -0.2) is 4.98 Å². The Bertz CT molecular complexity index is 913. The predicted octanol–water partition coefficient (Wildman–Crippen LogP) is 2.74. The van der Waals surface area contributed by atoms with Gasteiger partial charge < -0.3 is 15.2 Å². The first-order valence-corrected chi connectivity index (χ1v) is 8.29. The molecular weight excluding hydrogens is 300 g/mol. The SMILES string of the molecule is Cc1nc2ccccc2n1CCNC(=O)c1ccc2c(c1)CCN2. The monoisotopic (exact) mass is 320 g/mol. The number of aromatic nitrogens is 2. The van der Waals surface area contributed by atoms with E-state index in [1.807, 2.05) is 43.3 Å². The van der Waals surface area contributed by atoms with Crippen molar-refractivity contribution in [3.63, 3.8) is 0 Å². The third-order valence-electron chi connectivity index (χ3n) is 4.54. The fourth-order valence-corrected chi connectivity index (χ4v) is 3.31. The van der Waals surface area contributed by atoms with Crippen molar-refractivity contribution in [1.29, 1.82) is 0 Å². The van der Waals surface area contributed by atoms with Gasteiger partial charge in [-0.2, -0.15) is 0 Å². The molecule has 0 bridgehead atoms. The Kier molecular flexibility index (Phi) is 3.69. The van der Waals surface area contributed by atoms with Gasteiger partial charge in [-0.05, 0) is 49.2 Å². The number of anilines is 1. The summed E-state index contributed by atoms with van der Waals surface area (Å²) in [6, 6.07) is 13.9. The van der Waals surface area contributed by atoms with Gasteiger partial charge >= 0.3 is 0 Å². The summed E-state index contributed by atoms with van der Waals surface area (Å²) in [6.45, 7) is 4.24. The highest BCUT2D eigenvalue weighted by Crippen LogP contribution is 2.23. The number of fused-ring (bicyclic) bond motifs is 2. The summed E-state index contributed by atoms with van der Waals surface area (Å²) >= 11 is 0. The first kappa shape index (κ1) is 14.8. The van der Waals surface area contributed by atoms with Crippen LogP contribution in [0.25, 0.3) is 11.0 Å². The predicted molar refractivity (Wildman–Crippen MR) is 95.4 cm³/mol. The van der Waals surface area contributed by atoms with E-state index in [1.165, 1.54) is 5.56 Å². The number of rotatable bonds is 4. The molecule has 5 heteroatoms. The molecule has 5 nitrogen and oxygen atoms in total. The Labute approximate surface area is 140 Å². The smallest absolute Gasteiger partial charge is 0.251 e. The Balaban J connectivity index is 1.43. The number of imidazole rings is 1. The van der Waals surface area contributed by atoms with Gasteiger partial charge in [0.25, 0.3) is 5.91 Å². The zero-order chi connectivity index (χ0) is 16.5. The van der Waals surface area contributed by atoms with Crippen molar-refractivity contribution in [2.45, 2.75) is 19.9 Å². The minimum absolute atomic E-state index is 0.0215. The molecule has 4 rings (SSSR count). The molecule has 0 saturated carbocycles. The van der Waals surface area contributed by atoms with Crippen molar-refractivity contribution in [3.8, 4) is 0 Å². The molecule has 0 aliphatic carbocycles. The molecule has 0 atom stereocenters. The molecule has 24 heavy (non-hydrogen) atoms. The number of para-hydroxylation sites is 2. The van der Waals surface area contributed by atoms with Crippen LogP contribution in [0.2, 0.25) is 0 Å². The summed E-state index contributed by atoms with van der Waals surface area (Å²) in [7, 11) is 0. The topological polar surface area (TPSA) is 59.0 Å². The lowest BCUT2D eigenvalue weighted by atomic mass is 10.1. The van der Waals surface area contributed by atoms with E-state index in [-0.39, 0.29) is 5.91 Å². The van der Waals surface area contributed by atoms with Crippen molar-refractivity contribution in [3.05, 3.63) is 59.4 Å². The van der Waals surface area contributed by atoms with Crippen LogP contribution in [-0.2, 0) is 13.0 Å². The molecule has 122 valence electrons. The van der Waals surface area contributed by atoms with Gasteiger partial charge in [0.05, 0.1) is 11.0 Å². The third-order valence-corrected chi connectivity index (χ3v) is 4.54. The van der Waals surface area contributed by atoms with E-state index in [1.54, 1.807) is 0 Å². The van der Waals surface area contributed by atoms with E-state index in [0.717, 1.165) is 41.1 Å². The molecule has 0 unspecified atom stereocenters. The molecule has 0 fully saturated rings. The van der Waals surface area contributed by atoms with E-state index in [0.29, 0.717) is 13.1 Å². The lowest BCUT2D eigenvalue weighted by molar-refractivity contribution is 0.0952. The zero-order valence-electron chi connectivity index (χ0n) is 13.7. The molecule has 3 aromatic rings. The minimum Gasteiger partial charge on any atom is -0.384 e. The van der Waals surface area contributed by atoms with Gasteiger partial charge in [-0.3, -0.25) is 4.79 Å². The highest BCUT2D eigenvalue weighted by atomic mass is 16.1. The number of amides is 1. The number of nitrogens with zero attached hydrogens (tertiary/aromatic N) is 2. The van der Waals surface area contributed by atoms with Crippen LogP contribution in [0.4, 0.5) is 5.69 Å². The van der Waals surface area contributed by atoms with E-state index >= 15 is 0 Å². The second kappa shape index (κ2) is 6.00. The molecule has 0 radical (unpaired) electrons. The Hall–Kier alpha value is -2.82. The van der Waals surface area contributed by atoms with E-state index in [9.17, 15) is 4.79 Å². The van der Waals surface area contributed by atoms with Crippen LogP contribution >= 0.6 is 0 Å². The average molecular weight is 320 g/mol. The first-order chi connectivity index (χ1) is 11.7. The Morgan fingerprint density at radius 2 is 2.17 bits per heavy atom. The maximum absolute atomic E-state index is 12.4. The number of hydrogen-bond donors (Lipinski definition) is 2. The van der Waals surface area contributed by atoms with Crippen LogP contribution in [0.3, 0.4) is 0 Å². The van der Waals surface area contributed by atoms with Crippen LogP contribution in [0.1, 0.15) is 21.7 Å². The largest absolute Gasteiger partial charge is 0.384 e. The van der Waals surface area contributed by atoms with Crippen molar-refractivity contribution in [2.75, 3.05) is 18.4 Å². The van der Waals surface area contributed by atoms with E-state index in [2.05, 4.69) is 26.3 Å². The summed E-state index contributed by atoms with van der Waals surface area (Å²) in [4.78, 5) is 16.9. The first-order valence-electron chi connectivity index (χ1n) is 8.29. The van der Waals surface area contributed by atoms with E-state index < -0.39 is 0 Å². The van der Waals surface area contributed by atoms with Crippen LogP contribution < -0.4 is 10.6 Å². The lowest BCUT2D eigenvalue weighted by Crippen LogP contribution is -2.27. The number of aryl methyl sites for hydroxylation is 1. The van der Waals surface area contributed by atoms with Crippen LogP contribution in [0.5, 0.6) is 0 Å². The van der Waals surface area contributed by atoms with Crippen molar-refractivity contribution < 1.29 is 4.79 Å². The number of benzene rings is 2. The average Bonchev–Trinajstić information content (AvgIpc) is 3.18. The van der Waals surface area contributed by atoms with Gasteiger partial charge in [0.2, 0.25) is 0 Å². The number of carbonyl (C=O) groups is 1. The Morgan fingerprint density at radius 1 is 1.29 bits per heavy atom. The maximum Gasteiger partial charge on any atom is 0.251 e. The molecule has 2 aromatic carbocycles. The molecule has 1 aliphatic heterocycles. The van der Waals surface area contributed by atoms with Crippen molar-refractivity contribution in [1.82, 2.24) is 14.9 Å². The minimum atomic E-state index is -0.0215. The van der Waals surface area contributed by atoms with Crippen molar-refractivity contribution in [2.24, 2.45) is 0 Å². The van der Waals surface area contributed by atoms with E-state index in [4.69, 9.17) is 0 Å². The second-order valence-electron chi connectivity index (χ2n) is 6.10. The maximum atomic E-state index is 12.4. The molecule has 1 amide bonds. The van der Waals surface area contributed by atoms with Crippen LogP contribution in [-0.4, -0.2) is 28.5 Å². The summed E-state index contributed by atoms with van der Waals surface area (Å²) in [5.41, 5.74) is 5.19. The molecule has 1 aliphatic rings. The zero-order valence-corrected chi connectivity index (χ0v) is 13.7. The van der Waals surface area contributed by atoms with Gasteiger partial charge in [-0.15, -0.1) is 0 Å². The number of nitrogens with one attached hydrogen (secondary N) is 2. The van der Waals surface area contributed by atoms with Gasteiger partial charge in [0, 0.05) is 30.9 Å². The number of carbonyl (C=O) groups excluding carboxylic acids is 1. The van der Waals surface area contributed by atoms with Crippen molar-refractivity contribution >= 4 is 22.6 Å².